The van der Waals surface area contributed by atoms with Crippen molar-refractivity contribution in [2.24, 2.45) is 5.10 Å². The SMILES string of the molecule is CC(=O)NC1=NN(C(C)=O)[C@H](c2ccccc2OCCOc2cc(C)cc(C)c2)S1. The highest BCUT2D eigenvalue weighted by atomic mass is 32.2. The van der Waals surface area contributed by atoms with Crippen molar-refractivity contribution in [2.75, 3.05) is 13.2 Å². The molecule has 2 aromatic carbocycles. The second-order valence-corrected chi connectivity index (χ2v) is 8.05. The van der Waals surface area contributed by atoms with Crippen LogP contribution in [-0.2, 0) is 9.59 Å². The minimum atomic E-state index is -0.416. The van der Waals surface area contributed by atoms with Crippen LogP contribution in [0.15, 0.2) is 47.6 Å². The van der Waals surface area contributed by atoms with Gasteiger partial charge in [0.2, 0.25) is 11.8 Å². The maximum atomic E-state index is 12.1. The zero-order chi connectivity index (χ0) is 21.7. The van der Waals surface area contributed by atoms with Crippen molar-refractivity contribution in [1.29, 1.82) is 0 Å². The number of hydrogen-bond acceptors (Lipinski definition) is 6. The summed E-state index contributed by atoms with van der Waals surface area (Å²) in [6, 6.07) is 13.6. The average Bonchev–Trinajstić information content (AvgIpc) is 3.08. The molecule has 158 valence electrons. The van der Waals surface area contributed by atoms with Gasteiger partial charge in [-0.25, -0.2) is 5.01 Å². The number of rotatable bonds is 6. The van der Waals surface area contributed by atoms with Crippen LogP contribution in [0.5, 0.6) is 11.5 Å². The van der Waals surface area contributed by atoms with E-state index in [0.29, 0.717) is 24.1 Å². The molecule has 0 aromatic heterocycles. The number of para-hydroxylation sites is 1. The second kappa shape index (κ2) is 9.67. The third-order valence-corrected chi connectivity index (χ3v) is 5.32. The molecule has 1 aliphatic rings. The quantitative estimate of drug-likeness (QED) is 0.710. The zero-order valence-corrected chi connectivity index (χ0v) is 18.3. The Morgan fingerprint density at radius 3 is 2.40 bits per heavy atom. The van der Waals surface area contributed by atoms with Crippen molar-refractivity contribution in [1.82, 2.24) is 10.3 Å². The summed E-state index contributed by atoms with van der Waals surface area (Å²) in [7, 11) is 0. The third kappa shape index (κ3) is 5.54. The van der Waals surface area contributed by atoms with Crippen molar-refractivity contribution in [3.8, 4) is 11.5 Å². The molecule has 1 atom stereocenters. The summed E-state index contributed by atoms with van der Waals surface area (Å²) in [5.41, 5.74) is 3.09. The van der Waals surface area contributed by atoms with Gasteiger partial charge in [-0.15, -0.1) is 5.10 Å². The molecule has 0 aliphatic carbocycles. The van der Waals surface area contributed by atoms with E-state index in [1.807, 2.05) is 50.2 Å². The van der Waals surface area contributed by atoms with Crippen LogP contribution in [0.25, 0.3) is 0 Å². The number of ether oxygens (including phenoxy) is 2. The number of nitrogens with zero attached hydrogens (tertiary/aromatic N) is 2. The summed E-state index contributed by atoms with van der Waals surface area (Å²) in [6.07, 6.45) is 0. The Bertz CT molecular complexity index is 956. The molecule has 1 aliphatic heterocycles. The van der Waals surface area contributed by atoms with E-state index in [1.165, 1.54) is 30.6 Å². The summed E-state index contributed by atoms with van der Waals surface area (Å²) in [5.74, 6) is 0.996. The van der Waals surface area contributed by atoms with E-state index in [2.05, 4.69) is 16.5 Å². The molecule has 0 saturated heterocycles. The topological polar surface area (TPSA) is 80.2 Å². The maximum absolute atomic E-state index is 12.1. The molecule has 0 saturated carbocycles. The molecular formula is C22H25N3O4S. The third-order valence-electron chi connectivity index (χ3n) is 4.24. The van der Waals surface area contributed by atoms with Crippen LogP contribution in [-0.4, -0.2) is 35.2 Å². The second-order valence-electron chi connectivity index (χ2n) is 6.98. The first kappa shape index (κ1) is 21.7. The van der Waals surface area contributed by atoms with E-state index in [1.54, 1.807) is 0 Å². The normalized spacial score (nSPS) is 15.5. The van der Waals surface area contributed by atoms with Gasteiger partial charge in [-0.05, 0) is 43.2 Å². The van der Waals surface area contributed by atoms with Crippen LogP contribution in [0.2, 0.25) is 0 Å². The molecule has 0 bridgehead atoms. The minimum Gasteiger partial charge on any atom is -0.490 e. The lowest BCUT2D eigenvalue weighted by molar-refractivity contribution is -0.129. The number of amides is 2. The van der Waals surface area contributed by atoms with Crippen molar-refractivity contribution in [3.05, 3.63) is 59.2 Å². The Morgan fingerprint density at radius 1 is 1.07 bits per heavy atom. The van der Waals surface area contributed by atoms with E-state index in [4.69, 9.17) is 9.47 Å². The number of amidine groups is 1. The lowest BCUT2D eigenvalue weighted by Gasteiger charge is -2.22. The highest BCUT2D eigenvalue weighted by Crippen LogP contribution is 2.42. The van der Waals surface area contributed by atoms with Crippen molar-refractivity contribution >= 4 is 28.7 Å². The summed E-state index contributed by atoms with van der Waals surface area (Å²) in [4.78, 5) is 23.4. The standard InChI is InChI=1S/C22H25N3O4S/c1-14-11-15(2)13-18(12-14)28-9-10-29-20-8-6-5-7-19(20)21-25(17(4)27)24-22(30-21)23-16(3)26/h5-8,11-13,21H,9-10H2,1-4H3,(H,23,24,26)/t21-/m0/s1. The molecule has 2 amide bonds. The van der Waals surface area contributed by atoms with Crippen LogP contribution >= 0.6 is 11.8 Å². The van der Waals surface area contributed by atoms with Crippen molar-refractivity contribution in [3.63, 3.8) is 0 Å². The van der Waals surface area contributed by atoms with E-state index in [9.17, 15) is 9.59 Å². The Morgan fingerprint density at radius 2 is 1.73 bits per heavy atom. The van der Waals surface area contributed by atoms with Gasteiger partial charge in [-0.2, -0.15) is 0 Å². The molecule has 0 unspecified atom stereocenters. The van der Waals surface area contributed by atoms with Crippen LogP contribution in [0.4, 0.5) is 0 Å². The molecule has 2 aromatic rings. The molecule has 8 heteroatoms. The fourth-order valence-corrected chi connectivity index (χ4v) is 4.28. The molecule has 1 N–H and O–H groups in total. The number of aryl methyl sites for hydroxylation is 2. The lowest BCUT2D eigenvalue weighted by Crippen LogP contribution is -2.25. The molecule has 30 heavy (non-hydrogen) atoms. The molecule has 0 spiro atoms. The first-order valence-corrected chi connectivity index (χ1v) is 10.5. The first-order chi connectivity index (χ1) is 14.3. The number of benzene rings is 2. The van der Waals surface area contributed by atoms with Gasteiger partial charge in [-0.3, -0.25) is 9.59 Å². The van der Waals surface area contributed by atoms with E-state index < -0.39 is 5.37 Å². The van der Waals surface area contributed by atoms with Gasteiger partial charge in [0.1, 0.15) is 30.1 Å². The molecule has 0 fully saturated rings. The molecule has 7 nitrogen and oxygen atoms in total. The van der Waals surface area contributed by atoms with E-state index >= 15 is 0 Å². The number of hydrogen-bond donors (Lipinski definition) is 1. The van der Waals surface area contributed by atoms with Gasteiger partial charge >= 0.3 is 0 Å². The van der Waals surface area contributed by atoms with E-state index in [0.717, 1.165) is 22.4 Å². The van der Waals surface area contributed by atoms with Crippen molar-refractivity contribution in [2.45, 2.75) is 33.1 Å². The maximum Gasteiger partial charge on any atom is 0.241 e. The van der Waals surface area contributed by atoms with E-state index in [-0.39, 0.29) is 11.8 Å². The van der Waals surface area contributed by atoms with Crippen LogP contribution < -0.4 is 14.8 Å². The predicted octanol–water partition coefficient (Wildman–Crippen LogP) is 3.76. The van der Waals surface area contributed by atoms with Crippen LogP contribution in [0.1, 0.15) is 35.9 Å². The fourth-order valence-electron chi connectivity index (χ4n) is 3.11. The monoisotopic (exact) mass is 427 g/mol. The Hall–Kier alpha value is -3.00. The van der Waals surface area contributed by atoms with Gasteiger partial charge in [0.15, 0.2) is 5.17 Å². The largest absolute Gasteiger partial charge is 0.490 e. The average molecular weight is 428 g/mol. The zero-order valence-electron chi connectivity index (χ0n) is 17.5. The number of thioether (sulfide) groups is 1. The Balaban J connectivity index is 1.67. The predicted molar refractivity (Wildman–Crippen MR) is 117 cm³/mol. The van der Waals surface area contributed by atoms with Crippen LogP contribution in [0.3, 0.4) is 0 Å². The Labute approximate surface area is 180 Å². The summed E-state index contributed by atoms with van der Waals surface area (Å²) >= 11 is 1.29. The smallest absolute Gasteiger partial charge is 0.241 e. The minimum absolute atomic E-state index is 0.221. The summed E-state index contributed by atoms with van der Waals surface area (Å²) < 4.78 is 11.8. The number of hydrazone groups is 1. The van der Waals surface area contributed by atoms with Gasteiger partial charge < -0.3 is 14.8 Å². The van der Waals surface area contributed by atoms with Gasteiger partial charge in [-0.1, -0.05) is 36.0 Å². The number of carbonyl (C=O) groups excluding carboxylic acids is 2. The van der Waals surface area contributed by atoms with Gasteiger partial charge in [0, 0.05) is 19.4 Å². The highest BCUT2D eigenvalue weighted by molar-refractivity contribution is 8.14. The molecule has 1 heterocycles. The van der Waals surface area contributed by atoms with Crippen molar-refractivity contribution < 1.29 is 19.1 Å². The Kier molecular flexibility index (Phi) is 6.99. The summed E-state index contributed by atoms with van der Waals surface area (Å²) in [5, 5.41) is 8.20. The molecule has 3 rings (SSSR count). The lowest BCUT2D eigenvalue weighted by atomic mass is 10.1. The van der Waals surface area contributed by atoms with Gasteiger partial charge in [0.25, 0.3) is 0 Å². The molecule has 0 radical (unpaired) electrons. The first-order valence-electron chi connectivity index (χ1n) is 9.59. The summed E-state index contributed by atoms with van der Waals surface area (Å²) in [6.45, 7) is 7.64. The number of carbonyl (C=O) groups is 2. The number of nitrogens with one attached hydrogen (secondary N) is 1. The van der Waals surface area contributed by atoms with Gasteiger partial charge in [0.05, 0.1) is 0 Å². The fraction of sp³-hybridized carbons (Fsp3) is 0.318. The van der Waals surface area contributed by atoms with Crippen LogP contribution in [0, 0.1) is 13.8 Å². The highest BCUT2D eigenvalue weighted by Gasteiger charge is 2.34. The molecular weight excluding hydrogens is 402 g/mol.